The average molecular weight is 322 g/mol. The number of aryl methyl sites for hydroxylation is 1. The van der Waals surface area contributed by atoms with Gasteiger partial charge in [-0.05, 0) is 43.5 Å². The van der Waals surface area contributed by atoms with Crippen LogP contribution >= 0.6 is 23.2 Å². The summed E-state index contributed by atoms with van der Waals surface area (Å²) in [5.41, 5.74) is 1.80. The Balaban J connectivity index is 1.88. The fourth-order valence-corrected chi connectivity index (χ4v) is 2.34. The predicted molar refractivity (Wildman–Crippen MR) is 88.2 cm³/mol. The van der Waals surface area contributed by atoms with E-state index in [0.717, 1.165) is 12.8 Å². The minimum Gasteiger partial charge on any atom is -0.350 e. The van der Waals surface area contributed by atoms with Crippen LogP contribution in [0.3, 0.4) is 0 Å². The third-order valence-corrected chi connectivity index (χ3v) is 4.01. The van der Waals surface area contributed by atoms with Crippen LogP contribution in [-0.4, -0.2) is 11.9 Å². The molecule has 1 N–H and O–H groups in total. The highest BCUT2D eigenvalue weighted by Crippen LogP contribution is 2.22. The van der Waals surface area contributed by atoms with E-state index in [1.807, 2.05) is 25.1 Å². The molecule has 1 atom stereocenters. The third kappa shape index (κ3) is 4.76. The van der Waals surface area contributed by atoms with Gasteiger partial charge in [0.05, 0.1) is 10.0 Å². The Hall–Kier alpha value is -1.51. The van der Waals surface area contributed by atoms with Crippen LogP contribution in [0.5, 0.6) is 0 Å². The van der Waals surface area contributed by atoms with Gasteiger partial charge in [0.25, 0.3) is 5.91 Å². The maximum absolute atomic E-state index is 12.1. The highest BCUT2D eigenvalue weighted by atomic mass is 35.5. The molecular weight excluding hydrogens is 305 g/mol. The van der Waals surface area contributed by atoms with Gasteiger partial charge in [-0.3, -0.25) is 4.79 Å². The van der Waals surface area contributed by atoms with Gasteiger partial charge in [-0.2, -0.15) is 0 Å². The van der Waals surface area contributed by atoms with Crippen molar-refractivity contribution in [3.05, 3.63) is 69.7 Å². The molecule has 0 fully saturated rings. The first kappa shape index (κ1) is 15.9. The van der Waals surface area contributed by atoms with Crippen molar-refractivity contribution in [3.63, 3.8) is 0 Å². The molecule has 1 amide bonds. The van der Waals surface area contributed by atoms with Gasteiger partial charge in [0.15, 0.2) is 0 Å². The van der Waals surface area contributed by atoms with Gasteiger partial charge in [0.1, 0.15) is 0 Å². The van der Waals surface area contributed by atoms with E-state index < -0.39 is 0 Å². The summed E-state index contributed by atoms with van der Waals surface area (Å²) >= 11 is 11.8. The Morgan fingerprint density at radius 3 is 2.48 bits per heavy atom. The lowest BCUT2D eigenvalue weighted by Crippen LogP contribution is -2.32. The summed E-state index contributed by atoms with van der Waals surface area (Å²) in [5, 5.41) is 3.81. The molecule has 2 aromatic carbocycles. The van der Waals surface area contributed by atoms with Crippen LogP contribution in [0.1, 0.15) is 29.3 Å². The standard InChI is InChI=1S/C17H17Cl2NO/c1-12(7-8-13-5-3-2-4-6-13)20-17(21)14-9-10-15(18)16(19)11-14/h2-6,9-12H,7-8H2,1H3,(H,20,21). The Morgan fingerprint density at radius 2 is 1.81 bits per heavy atom. The first-order valence-corrected chi connectivity index (χ1v) is 7.61. The quantitative estimate of drug-likeness (QED) is 0.846. The normalized spacial score (nSPS) is 12.0. The first-order valence-electron chi connectivity index (χ1n) is 6.86. The zero-order chi connectivity index (χ0) is 15.2. The molecule has 0 saturated heterocycles. The van der Waals surface area contributed by atoms with Crippen LogP contribution in [0.4, 0.5) is 0 Å². The molecule has 2 aromatic rings. The Labute approximate surface area is 135 Å². The second-order valence-corrected chi connectivity index (χ2v) is 5.84. The summed E-state index contributed by atoms with van der Waals surface area (Å²) in [6.45, 7) is 2.00. The fraction of sp³-hybridized carbons (Fsp3) is 0.235. The number of carbonyl (C=O) groups excluding carboxylic acids is 1. The zero-order valence-corrected chi connectivity index (χ0v) is 13.3. The van der Waals surface area contributed by atoms with Gasteiger partial charge in [0, 0.05) is 11.6 Å². The zero-order valence-electron chi connectivity index (χ0n) is 11.8. The summed E-state index contributed by atoms with van der Waals surface area (Å²) in [4.78, 5) is 12.1. The number of rotatable bonds is 5. The summed E-state index contributed by atoms with van der Waals surface area (Å²) in [6.07, 6.45) is 1.82. The molecule has 2 rings (SSSR count). The fourth-order valence-electron chi connectivity index (χ4n) is 2.04. The lowest BCUT2D eigenvalue weighted by Gasteiger charge is -2.14. The topological polar surface area (TPSA) is 29.1 Å². The van der Waals surface area contributed by atoms with Crippen molar-refractivity contribution in [1.29, 1.82) is 0 Å². The lowest BCUT2D eigenvalue weighted by atomic mass is 10.1. The van der Waals surface area contributed by atoms with E-state index in [2.05, 4.69) is 17.4 Å². The van der Waals surface area contributed by atoms with Crippen LogP contribution < -0.4 is 5.32 Å². The van der Waals surface area contributed by atoms with E-state index in [1.165, 1.54) is 5.56 Å². The molecule has 1 unspecified atom stereocenters. The number of nitrogens with one attached hydrogen (secondary N) is 1. The van der Waals surface area contributed by atoms with Crippen molar-refractivity contribution >= 4 is 29.1 Å². The highest BCUT2D eigenvalue weighted by Gasteiger charge is 2.11. The smallest absolute Gasteiger partial charge is 0.251 e. The number of hydrogen-bond acceptors (Lipinski definition) is 1. The number of halogens is 2. The predicted octanol–water partition coefficient (Wildman–Crippen LogP) is 4.74. The van der Waals surface area contributed by atoms with Crippen LogP contribution in [0.2, 0.25) is 10.0 Å². The van der Waals surface area contributed by atoms with E-state index in [9.17, 15) is 4.79 Å². The summed E-state index contributed by atoms with van der Waals surface area (Å²) in [5.74, 6) is -0.130. The second-order valence-electron chi connectivity index (χ2n) is 5.03. The van der Waals surface area contributed by atoms with Crippen LogP contribution in [0, 0.1) is 0 Å². The number of hydrogen-bond donors (Lipinski definition) is 1. The van der Waals surface area contributed by atoms with Crippen molar-refractivity contribution in [2.24, 2.45) is 0 Å². The highest BCUT2D eigenvalue weighted by molar-refractivity contribution is 6.42. The number of benzene rings is 2. The van der Waals surface area contributed by atoms with Gasteiger partial charge < -0.3 is 5.32 Å². The molecule has 0 saturated carbocycles. The van der Waals surface area contributed by atoms with Crippen molar-refractivity contribution < 1.29 is 4.79 Å². The molecular formula is C17H17Cl2NO. The average Bonchev–Trinajstić information content (AvgIpc) is 2.49. The van der Waals surface area contributed by atoms with Crippen molar-refractivity contribution in [1.82, 2.24) is 5.32 Å². The number of amides is 1. The van der Waals surface area contributed by atoms with Crippen molar-refractivity contribution in [2.45, 2.75) is 25.8 Å². The number of carbonyl (C=O) groups is 1. The molecule has 0 bridgehead atoms. The minimum atomic E-state index is -0.130. The molecule has 0 aromatic heterocycles. The Kier molecular flexibility index (Phi) is 5.66. The van der Waals surface area contributed by atoms with Crippen molar-refractivity contribution in [2.75, 3.05) is 0 Å². The largest absolute Gasteiger partial charge is 0.350 e. The third-order valence-electron chi connectivity index (χ3n) is 3.27. The first-order chi connectivity index (χ1) is 10.1. The second kappa shape index (κ2) is 7.48. The van der Waals surface area contributed by atoms with Gasteiger partial charge in [0.2, 0.25) is 0 Å². The van der Waals surface area contributed by atoms with Gasteiger partial charge in [-0.1, -0.05) is 53.5 Å². The van der Waals surface area contributed by atoms with Gasteiger partial charge >= 0.3 is 0 Å². The molecule has 21 heavy (non-hydrogen) atoms. The molecule has 0 aliphatic rings. The molecule has 0 aliphatic heterocycles. The summed E-state index contributed by atoms with van der Waals surface area (Å²) in [6, 6.07) is 15.2. The van der Waals surface area contributed by atoms with E-state index in [1.54, 1.807) is 18.2 Å². The molecule has 0 radical (unpaired) electrons. The molecule has 110 valence electrons. The SMILES string of the molecule is CC(CCc1ccccc1)NC(=O)c1ccc(Cl)c(Cl)c1. The molecule has 0 aliphatic carbocycles. The summed E-state index contributed by atoms with van der Waals surface area (Å²) < 4.78 is 0. The maximum atomic E-state index is 12.1. The molecule has 4 heteroatoms. The monoisotopic (exact) mass is 321 g/mol. The van der Waals surface area contributed by atoms with E-state index in [-0.39, 0.29) is 11.9 Å². The van der Waals surface area contributed by atoms with Crippen molar-refractivity contribution in [3.8, 4) is 0 Å². The minimum absolute atomic E-state index is 0.0900. The molecule has 2 nitrogen and oxygen atoms in total. The molecule has 0 spiro atoms. The Bertz CT molecular complexity index is 613. The van der Waals surface area contributed by atoms with Crippen LogP contribution in [0.15, 0.2) is 48.5 Å². The lowest BCUT2D eigenvalue weighted by molar-refractivity contribution is 0.0938. The van der Waals surface area contributed by atoms with E-state index >= 15 is 0 Å². The van der Waals surface area contributed by atoms with Crippen LogP contribution in [0.25, 0.3) is 0 Å². The summed E-state index contributed by atoms with van der Waals surface area (Å²) in [7, 11) is 0. The molecule has 0 heterocycles. The van der Waals surface area contributed by atoms with Gasteiger partial charge in [-0.15, -0.1) is 0 Å². The Morgan fingerprint density at radius 1 is 1.10 bits per heavy atom. The maximum Gasteiger partial charge on any atom is 0.251 e. The van der Waals surface area contributed by atoms with Crippen LogP contribution in [-0.2, 0) is 6.42 Å². The van der Waals surface area contributed by atoms with Gasteiger partial charge in [-0.25, -0.2) is 0 Å². The van der Waals surface area contributed by atoms with E-state index in [0.29, 0.717) is 15.6 Å². The van der Waals surface area contributed by atoms with E-state index in [4.69, 9.17) is 23.2 Å².